The molecule has 0 bridgehead atoms. The average Bonchev–Trinajstić information content (AvgIpc) is 3.04. The molecule has 1 aromatic carbocycles. The van der Waals surface area contributed by atoms with Gasteiger partial charge in [-0.25, -0.2) is 0 Å². The molecule has 6 heteroatoms. The smallest absolute Gasteiger partial charge is 0.119 e. The number of aryl methyl sites for hydroxylation is 1. The lowest BCUT2D eigenvalue weighted by atomic mass is 10.1. The number of benzene rings is 1. The molecule has 0 amide bonds. The lowest BCUT2D eigenvalue weighted by Gasteiger charge is -2.23. The van der Waals surface area contributed by atoms with E-state index in [1.165, 1.54) is 11.5 Å². The normalized spacial score (nSPS) is 13.0. The van der Waals surface area contributed by atoms with E-state index in [2.05, 4.69) is 42.6 Å². The molecule has 0 radical (unpaired) electrons. The van der Waals surface area contributed by atoms with Crippen LogP contribution in [0, 0.1) is 0 Å². The number of β-amino-alcohol motifs (C(OH)–C–C–N with tert-alkyl or cyclic N) is 1. The fourth-order valence-electron chi connectivity index (χ4n) is 2.31. The lowest BCUT2D eigenvalue weighted by molar-refractivity contribution is 0.100. The third-order valence-corrected chi connectivity index (χ3v) is 4.57. The van der Waals surface area contributed by atoms with Crippen LogP contribution in [0.4, 0.5) is 0 Å². The van der Waals surface area contributed by atoms with Crippen LogP contribution >= 0.6 is 11.5 Å². The summed E-state index contributed by atoms with van der Waals surface area (Å²) in [4.78, 5) is 1.13. The molecule has 2 N–H and O–H groups in total. The number of nitrogens with zero attached hydrogens (tertiary/aromatic N) is 2. The molecule has 1 unspecified atom stereocenters. The average molecular weight is 364 g/mol. The van der Waals surface area contributed by atoms with Gasteiger partial charge in [0.05, 0.1) is 10.6 Å². The van der Waals surface area contributed by atoms with Crippen molar-refractivity contribution in [3.8, 4) is 16.2 Å². The summed E-state index contributed by atoms with van der Waals surface area (Å²) in [7, 11) is 0. The van der Waals surface area contributed by atoms with E-state index in [1.807, 2.05) is 24.3 Å². The molecule has 2 rings (SSSR count). The monoisotopic (exact) mass is 363 g/mol. The Labute approximate surface area is 154 Å². The van der Waals surface area contributed by atoms with Gasteiger partial charge in [-0.2, -0.15) is 0 Å². The maximum absolute atomic E-state index is 10.00. The zero-order valence-electron chi connectivity index (χ0n) is 15.6. The molecule has 1 aromatic heterocycles. The van der Waals surface area contributed by atoms with E-state index in [9.17, 15) is 5.11 Å². The van der Waals surface area contributed by atoms with Crippen molar-refractivity contribution in [3.63, 3.8) is 0 Å². The van der Waals surface area contributed by atoms with Crippen molar-refractivity contribution >= 4 is 11.5 Å². The molecule has 0 aliphatic carbocycles. The summed E-state index contributed by atoms with van der Waals surface area (Å²) in [6, 6.07) is 7.92. The number of aliphatic hydroxyl groups excluding tert-OH is 1. The minimum Gasteiger partial charge on any atom is -0.491 e. The number of ether oxygens (including phenoxy) is 1. The minimum absolute atomic E-state index is 0.0130. The number of aromatic nitrogens is 2. The molecular weight excluding hydrogens is 334 g/mol. The van der Waals surface area contributed by atoms with Gasteiger partial charge in [0.2, 0.25) is 0 Å². The highest BCUT2D eigenvalue weighted by Gasteiger charge is 2.13. The van der Waals surface area contributed by atoms with Gasteiger partial charge >= 0.3 is 0 Å². The third-order valence-electron chi connectivity index (χ3n) is 3.75. The number of aliphatic hydroxyl groups is 1. The Morgan fingerprint density at radius 2 is 1.96 bits per heavy atom. The van der Waals surface area contributed by atoms with Crippen molar-refractivity contribution in [1.82, 2.24) is 14.9 Å². The van der Waals surface area contributed by atoms with Gasteiger partial charge in [-0.15, -0.1) is 5.10 Å². The van der Waals surface area contributed by atoms with Gasteiger partial charge in [0.15, 0.2) is 0 Å². The van der Waals surface area contributed by atoms with E-state index < -0.39 is 6.10 Å². The second-order valence-corrected chi connectivity index (χ2v) is 8.03. The van der Waals surface area contributed by atoms with Gasteiger partial charge in [0.25, 0.3) is 0 Å². The maximum atomic E-state index is 10.00. The van der Waals surface area contributed by atoms with Crippen molar-refractivity contribution in [2.45, 2.75) is 58.6 Å². The number of hydrogen-bond donors (Lipinski definition) is 2. The van der Waals surface area contributed by atoms with Crippen molar-refractivity contribution < 1.29 is 9.84 Å². The molecule has 0 saturated heterocycles. The van der Waals surface area contributed by atoms with E-state index in [0.717, 1.165) is 41.1 Å². The van der Waals surface area contributed by atoms with Crippen molar-refractivity contribution in [1.29, 1.82) is 0 Å². The van der Waals surface area contributed by atoms with Crippen LogP contribution in [0.3, 0.4) is 0 Å². The summed E-state index contributed by atoms with van der Waals surface area (Å²) in [5, 5.41) is 17.5. The molecule has 0 aliphatic heterocycles. The first-order chi connectivity index (χ1) is 11.9. The quantitative estimate of drug-likeness (QED) is 0.711. The molecule has 5 nitrogen and oxygen atoms in total. The maximum Gasteiger partial charge on any atom is 0.119 e. The van der Waals surface area contributed by atoms with Gasteiger partial charge in [0.1, 0.15) is 18.5 Å². The minimum atomic E-state index is -0.537. The largest absolute Gasteiger partial charge is 0.491 e. The van der Waals surface area contributed by atoms with Crippen molar-refractivity contribution in [2.24, 2.45) is 0 Å². The van der Waals surface area contributed by atoms with E-state index in [-0.39, 0.29) is 12.1 Å². The van der Waals surface area contributed by atoms with Crippen LogP contribution in [0.1, 0.15) is 46.2 Å². The van der Waals surface area contributed by atoms with E-state index in [0.29, 0.717) is 6.54 Å². The van der Waals surface area contributed by atoms with Crippen LogP contribution in [-0.2, 0) is 6.42 Å². The topological polar surface area (TPSA) is 67.3 Å². The number of nitrogens with one attached hydrogen (secondary N) is 1. The molecule has 1 heterocycles. The SMILES string of the molecule is CCCCc1nnsc1-c1ccc(OCC(O)CNC(C)(C)C)cc1. The molecule has 1 atom stereocenters. The summed E-state index contributed by atoms with van der Waals surface area (Å²) >= 11 is 1.44. The highest BCUT2D eigenvalue weighted by Crippen LogP contribution is 2.28. The highest BCUT2D eigenvalue weighted by atomic mass is 32.1. The predicted octanol–water partition coefficient (Wildman–Crippen LogP) is 3.68. The molecule has 0 spiro atoms. The standard InChI is InChI=1S/C19H29N3O2S/c1-5-6-7-17-18(25-22-21-17)14-8-10-16(11-9-14)24-13-15(23)12-20-19(2,3)4/h8-11,15,20,23H,5-7,12-13H2,1-4H3. The predicted molar refractivity (Wildman–Crippen MR) is 103 cm³/mol. The molecule has 0 saturated carbocycles. The highest BCUT2D eigenvalue weighted by molar-refractivity contribution is 7.09. The second kappa shape index (κ2) is 9.27. The molecule has 0 fully saturated rings. The zero-order valence-corrected chi connectivity index (χ0v) is 16.4. The Hall–Kier alpha value is -1.50. The molecular formula is C19H29N3O2S. The Balaban J connectivity index is 1.89. The van der Waals surface area contributed by atoms with Crippen LogP contribution in [0.15, 0.2) is 24.3 Å². The van der Waals surface area contributed by atoms with Crippen LogP contribution in [0.5, 0.6) is 5.75 Å². The van der Waals surface area contributed by atoms with E-state index in [1.54, 1.807) is 0 Å². The Kier molecular flexibility index (Phi) is 7.35. The van der Waals surface area contributed by atoms with E-state index in [4.69, 9.17) is 4.74 Å². The summed E-state index contributed by atoms with van der Waals surface area (Å²) < 4.78 is 9.78. The Morgan fingerprint density at radius 3 is 2.60 bits per heavy atom. The summed E-state index contributed by atoms with van der Waals surface area (Å²) in [6.07, 6.45) is 2.70. The van der Waals surface area contributed by atoms with Gasteiger partial charge in [-0.1, -0.05) is 17.8 Å². The van der Waals surface area contributed by atoms with Crippen LogP contribution in [-0.4, -0.2) is 39.5 Å². The fraction of sp³-hybridized carbons (Fsp3) is 0.579. The summed E-state index contributed by atoms with van der Waals surface area (Å²) in [5.74, 6) is 0.756. The molecule has 2 aromatic rings. The molecule has 25 heavy (non-hydrogen) atoms. The Morgan fingerprint density at radius 1 is 1.24 bits per heavy atom. The van der Waals surface area contributed by atoms with Crippen LogP contribution in [0.2, 0.25) is 0 Å². The number of rotatable bonds is 9. The van der Waals surface area contributed by atoms with Crippen LogP contribution < -0.4 is 10.1 Å². The Bertz CT molecular complexity index is 635. The molecule has 138 valence electrons. The van der Waals surface area contributed by atoms with E-state index >= 15 is 0 Å². The first-order valence-corrected chi connectivity index (χ1v) is 9.64. The first-order valence-electron chi connectivity index (χ1n) is 8.86. The van der Waals surface area contributed by atoms with Gasteiger partial charge in [0, 0.05) is 12.1 Å². The molecule has 0 aliphatic rings. The van der Waals surface area contributed by atoms with Crippen molar-refractivity contribution in [3.05, 3.63) is 30.0 Å². The van der Waals surface area contributed by atoms with Gasteiger partial charge in [-0.05, 0) is 75.0 Å². The van der Waals surface area contributed by atoms with Gasteiger partial charge < -0.3 is 15.2 Å². The second-order valence-electron chi connectivity index (χ2n) is 7.27. The summed E-state index contributed by atoms with van der Waals surface area (Å²) in [6.45, 7) is 9.17. The number of hydrogen-bond acceptors (Lipinski definition) is 6. The summed E-state index contributed by atoms with van der Waals surface area (Å²) in [5.41, 5.74) is 2.17. The first kappa shape index (κ1) is 19.8. The fourth-order valence-corrected chi connectivity index (χ4v) is 3.02. The third kappa shape index (κ3) is 6.72. The van der Waals surface area contributed by atoms with Crippen LogP contribution in [0.25, 0.3) is 10.4 Å². The number of unbranched alkanes of at least 4 members (excludes halogenated alkanes) is 1. The lowest BCUT2D eigenvalue weighted by Crippen LogP contribution is -2.42. The van der Waals surface area contributed by atoms with Crippen molar-refractivity contribution in [2.75, 3.05) is 13.2 Å². The van der Waals surface area contributed by atoms with Gasteiger partial charge in [-0.3, -0.25) is 0 Å². The zero-order chi connectivity index (χ0) is 18.3.